The molecule has 2 heterocycles. The fraction of sp³-hybridized carbons (Fsp3) is 0.583. The number of nitrogens with zero attached hydrogens (tertiary/aromatic N) is 2. The predicted octanol–water partition coefficient (Wildman–Crippen LogP) is 0.803. The van der Waals surface area contributed by atoms with Crippen LogP contribution in [0.15, 0.2) is 23.4 Å². The van der Waals surface area contributed by atoms with E-state index in [0.29, 0.717) is 6.07 Å². The normalized spacial score (nSPS) is 18.7. The van der Waals surface area contributed by atoms with Crippen LogP contribution in [-0.4, -0.2) is 51.5 Å². The molecular formula is C12H16F3N3O4S2. The number of piperidine rings is 1. The second kappa shape index (κ2) is 6.58. The minimum Gasteiger partial charge on any atom is -0.243 e. The number of alkyl halides is 3. The predicted molar refractivity (Wildman–Crippen MR) is 79.0 cm³/mol. The van der Waals surface area contributed by atoms with Crippen LogP contribution in [0.25, 0.3) is 0 Å². The standard InChI is InChI=1S/C12H16F3N3O4S2/c1-23(19,20)17-9-4-7-18(8-5-9)24(21,22)11-10(12(13,14)15)3-2-6-16-11/h2-3,6,9,17H,4-5,7-8H2,1H3. The lowest BCUT2D eigenvalue weighted by atomic mass is 10.1. The van der Waals surface area contributed by atoms with Crippen molar-refractivity contribution < 1.29 is 30.0 Å². The van der Waals surface area contributed by atoms with Crippen LogP contribution in [0.1, 0.15) is 18.4 Å². The molecule has 24 heavy (non-hydrogen) atoms. The summed E-state index contributed by atoms with van der Waals surface area (Å²) in [5.74, 6) is 0. The molecule has 1 aliphatic heterocycles. The van der Waals surface area contributed by atoms with Crippen molar-refractivity contribution in [2.45, 2.75) is 30.1 Å². The summed E-state index contributed by atoms with van der Waals surface area (Å²) in [6, 6.07) is 1.24. The largest absolute Gasteiger partial charge is 0.419 e. The Morgan fingerprint density at radius 2 is 1.79 bits per heavy atom. The molecule has 0 amide bonds. The topological polar surface area (TPSA) is 96.4 Å². The summed E-state index contributed by atoms with van der Waals surface area (Å²) in [7, 11) is -7.85. The number of hydrogen-bond donors (Lipinski definition) is 1. The molecular weight excluding hydrogens is 371 g/mol. The molecule has 1 saturated heterocycles. The summed E-state index contributed by atoms with van der Waals surface area (Å²) in [6.07, 6.45) is -2.53. The Hall–Kier alpha value is -1.24. The first kappa shape index (κ1) is 19.1. The molecule has 1 aromatic heterocycles. The van der Waals surface area contributed by atoms with E-state index < -0.39 is 42.9 Å². The van der Waals surface area contributed by atoms with Gasteiger partial charge in [0.1, 0.15) is 0 Å². The first-order valence-corrected chi connectivity index (χ1v) is 10.2. The highest BCUT2D eigenvalue weighted by molar-refractivity contribution is 7.89. The zero-order valence-corrected chi connectivity index (χ0v) is 14.2. The van der Waals surface area contributed by atoms with E-state index in [2.05, 4.69) is 9.71 Å². The number of sulfonamides is 2. The van der Waals surface area contributed by atoms with E-state index in [9.17, 15) is 30.0 Å². The highest BCUT2D eigenvalue weighted by Crippen LogP contribution is 2.34. The molecule has 1 fully saturated rings. The molecule has 0 saturated carbocycles. The molecule has 0 aromatic carbocycles. The Labute approximate surface area is 138 Å². The number of nitrogens with one attached hydrogen (secondary N) is 1. The van der Waals surface area contributed by atoms with Crippen LogP contribution in [0.4, 0.5) is 13.2 Å². The van der Waals surface area contributed by atoms with Gasteiger partial charge in [-0.1, -0.05) is 0 Å². The minimum atomic E-state index is -4.84. The SMILES string of the molecule is CS(=O)(=O)NC1CCN(S(=O)(=O)c2ncccc2C(F)(F)F)CC1. The van der Waals surface area contributed by atoms with Gasteiger partial charge < -0.3 is 0 Å². The molecule has 0 atom stereocenters. The summed E-state index contributed by atoms with van der Waals surface area (Å²) >= 11 is 0. The van der Waals surface area contributed by atoms with Crippen LogP contribution in [0.5, 0.6) is 0 Å². The second-order valence-electron chi connectivity index (χ2n) is 5.42. The van der Waals surface area contributed by atoms with E-state index in [1.54, 1.807) is 0 Å². The summed E-state index contributed by atoms with van der Waals surface area (Å²) < 4.78 is 89.5. The highest BCUT2D eigenvalue weighted by Gasteiger charge is 2.41. The van der Waals surface area contributed by atoms with E-state index in [-0.39, 0.29) is 25.9 Å². The van der Waals surface area contributed by atoms with Crippen LogP contribution < -0.4 is 4.72 Å². The first-order valence-electron chi connectivity index (χ1n) is 6.91. The fourth-order valence-corrected chi connectivity index (χ4v) is 4.88. The van der Waals surface area contributed by atoms with Crippen LogP contribution in [-0.2, 0) is 26.2 Å². The summed E-state index contributed by atoms with van der Waals surface area (Å²) in [5, 5.41) is -1.04. The molecule has 0 radical (unpaired) electrons. The maximum Gasteiger partial charge on any atom is 0.419 e. The van der Waals surface area contributed by atoms with Gasteiger partial charge in [0.05, 0.1) is 11.8 Å². The van der Waals surface area contributed by atoms with Crippen molar-refractivity contribution in [1.29, 1.82) is 0 Å². The highest BCUT2D eigenvalue weighted by atomic mass is 32.2. The summed E-state index contributed by atoms with van der Waals surface area (Å²) in [6.45, 7) is -0.188. The van der Waals surface area contributed by atoms with Crippen molar-refractivity contribution in [3.05, 3.63) is 23.9 Å². The summed E-state index contributed by atoms with van der Waals surface area (Å²) in [4.78, 5) is 3.41. The molecule has 136 valence electrons. The van der Waals surface area contributed by atoms with Gasteiger partial charge in [-0.15, -0.1) is 0 Å². The average Bonchev–Trinajstić information content (AvgIpc) is 2.45. The van der Waals surface area contributed by atoms with Gasteiger partial charge in [-0.3, -0.25) is 0 Å². The summed E-state index contributed by atoms with van der Waals surface area (Å²) in [5.41, 5.74) is -1.32. The smallest absolute Gasteiger partial charge is 0.243 e. The Morgan fingerprint density at radius 1 is 1.21 bits per heavy atom. The second-order valence-corrected chi connectivity index (χ2v) is 9.06. The van der Waals surface area contributed by atoms with Crippen LogP contribution in [0.2, 0.25) is 0 Å². The third-order valence-corrected chi connectivity index (χ3v) is 6.12. The van der Waals surface area contributed by atoms with Gasteiger partial charge in [-0.2, -0.15) is 17.5 Å². The van der Waals surface area contributed by atoms with E-state index >= 15 is 0 Å². The van der Waals surface area contributed by atoms with Crippen LogP contribution >= 0.6 is 0 Å². The molecule has 12 heteroatoms. The van der Waals surface area contributed by atoms with Crippen molar-refractivity contribution in [3.8, 4) is 0 Å². The lowest BCUT2D eigenvalue weighted by Gasteiger charge is -2.31. The Bertz CT molecular complexity index is 801. The van der Waals surface area contributed by atoms with Crippen molar-refractivity contribution in [2.24, 2.45) is 0 Å². The van der Waals surface area contributed by atoms with Crippen molar-refractivity contribution in [3.63, 3.8) is 0 Å². The molecule has 0 spiro atoms. The Morgan fingerprint density at radius 3 is 2.29 bits per heavy atom. The monoisotopic (exact) mass is 387 g/mol. The lowest BCUT2D eigenvalue weighted by molar-refractivity contribution is -0.140. The molecule has 0 aliphatic carbocycles. The molecule has 7 nitrogen and oxygen atoms in total. The van der Waals surface area contributed by atoms with E-state index in [1.807, 2.05) is 0 Å². The van der Waals surface area contributed by atoms with Gasteiger partial charge in [-0.05, 0) is 25.0 Å². The maximum absolute atomic E-state index is 13.0. The van der Waals surface area contributed by atoms with Crippen LogP contribution in [0.3, 0.4) is 0 Å². The number of halogens is 3. The zero-order chi connectivity index (χ0) is 18.2. The maximum atomic E-state index is 13.0. The fourth-order valence-electron chi connectivity index (χ4n) is 2.45. The quantitative estimate of drug-likeness (QED) is 0.825. The van der Waals surface area contributed by atoms with Crippen molar-refractivity contribution in [2.75, 3.05) is 19.3 Å². The van der Waals surface area contributed by atoms with Crippen molar-refractivity contribution >= 4 is 20.0 Å². The van der Waals surface area contributed by atoms with E-state index in [4.69, 9.17) is 0 Å². The van der Waals surface area contributed by atoms with Gasteiger partial charge in [0.25, 0.3) is 10.0 Å². The van der Waals surface area contributed by atoms with Gasteiger partial charge in [-0.25, -0.2) is 26.5 Å². The first-order chi connectivity index (χ1) is 10.9. The number of hydrogen-bond acceptors (Lipinski definition) is 5. The molecule has 0 unspecified atom stereocenters. The lowest BCUT2D eigenvalue weighted by Crippen LogP contribution is -2.46. The third kappa shape index (κ3) is 4.43. The molecule has 1 N–H and O–H groups in total. The average molecular weight is 387 g/mol. The van der Waals surface area contributed by atoms with E-state index in [1.165, 1.54) is 0 Å². The Balaban J connectivity index is 2.22. The van der Waals surface area contributed by atoms with Gasteiger partial charge in [0.15, 0.2) is 5.03 Å². The van der Waals surface area contributed by atoms with Crippen molar-refractivity contribution in [1.82, 2.24) is 14.0 Å². The van der Waals surface area contributed by atoms with Gasteiger partial charge in [0, 0.05) is 25.3 Å². The zero-order valence-electron chi connectivity index (χ0n) is 12.6. The van der Waals surface area contributed by atoms with Gasteiger partial charge in [0.2, 0.25) is 10.0 Å². The molecule has 2 rings (SSSR count). The minimum absolute atomic E-state index is 0.0939. The molecule has 0 bridgehead atoms. The van der Waals surface area contributed by atoms with Gasteiger partial charge >= 0.3 is 6.18 Å². The Kier molecular flexibility index (Phi) is 5.23. The number of rotatable bonds is 4. The van der Waals surface area contributed by atoms with Crippen LogP contribution in [0, 0.1) is 0 Å². The van der Waals surface area contributed by atoms with E-state index in [0.717, 1.165) is 22.8 Å². The third-order valence-electron chi connectivity index (χ3n) is 3.50. The molecule has 1 aliphatic rings. The number of pyridine rings is 1. The molecule has 1 aromatic rings. The number of aromatic nitrogens is 1.